The number of carbonyl (C=O) groups excluding carboxylic acids is 2. The van der Waals surface area contributed by atoms with Crippen LogP contribution in [0.5, 0.6) is 5.75 Å². The second-order valence-corrected chi connectivity index (χ2v) is 8.76. The molecule has 0 saturated heterocycles. The number of benzene rings is 3. The summed E-state index contributed by atoms with van der Waals surface area (Å²) in [6, 6.07) is 24.1. The number of nitriles is 1. The molecular weight excluding hydrogens is 478 g/mol. The molecule has 0 radical (unpaired) electrons. The average molecular weight is 498 g/mol. The molecule has 1 aromatic heterocycles. The van der Waals surface area contributed by atoms with Crippen LogP contribution in [-0.4, -0.2) is 21.8 Å². The van der Waals surface area contributed by atoms with E-state index in [2.05, 4.69) is 15.7 Å². The number of hydrogen-bond acceptors (Lipinski definition) is 5. The number of halogens is 1. The molecule has 1 saturated carbocycles. The topological polar surface area (TPSA) is 109 Å². The molecule has 1 fully saturated rings. The van der Waals surface area contributed by atoms with Gasteiger partial charge in [0.1, 0.15) is 10.8 Å². The Balaban J connectivity index is 1.32. The Bertz CT molecular complexity index is 1450. The van der Waals surface area contributed by atoms with E-state index in [1.54, 1.807) is 30.5 Å². The van der Waals surface area contributed by atoms with Gasteiger partial charge >= 0.3 is 6.09 Å². The lowest BCUT2D eigenvalue weighted by atomic mass is 9.93. The number of amides is 2. The van der Waals surface area contributed by atoms with Crippen molar-refractivity contribution < 1.29 is 14.3 Å². The molecule has 1 heterocycles. The highest BCUT2D eigenvalue weighted by molar-refractivity contribution is 6.33. The zero-order valence-electron chi connectivity index (χ0n) is 18.9. The first-order chi connectivity index (χ1) is 17.5. The van der Waals surface area contributed by atoms with Gasteiger partial charge in [0.05, 0.1) is 17.3 Å². The number of carbonyl (C=O) groups is 2. The monoisotopic (exact) mass is 497 g/mol. The van der Waals surface area contributed by atoms with Gasteiger partial charge in [0, 0.05) is 0 Å². The number of anilines is 1. The smallest absolute Gasteiger partial charge is 0.410 e. The van der Waals surface area contributed by atoms with Gasteiger partial charge in [0.2, 0.25) is 5.91 Å². The minimum atomic E-state index is -0.682. The quantitative estimate of drug-likeness (QED) is 0.272. The number of nitrogens with one attached hydrogen (secondary N) is 2. The Morgan fingerprint density at radius 2 is 1.61 bits per heavy atom. The molecule has 1 aliphatic carbocycles. The molecule has 0 spiro atoms. The van der Waals surface area contributed by atoms with Crippen LogP contribution >= 0.6 is 11.6 Å². The molecule has 5 rings (SSSR count). The van der Waals surface area contributed by atoms with Crippen molar-refractivity contribution in [1.29, 1.82) is 5.26 Å². The van der Waals surface area contributed by atoms with E-state index < -0.39 is 11.5 Å². The maximum Gasteiger partial charge on any atom is 0.418 e. The van der Waals surface area contributed by atoms with Gasteiger partial charge in [-0.3, -0.25) is 15.4 Å². The summed E-state index contributed by atoms with van der Waals surface area (Å²) in [6.45, 7) is 0. The van der Waals surface area contributed by atoms with Gasteiger partial charge in [-0.25, -0.2) is 9.48 Å². The van der Waals surface area contributed by atoms with Gasteiger partial charge in [0.25, 0.3) is 0 Å². The minimum Gasteiger partial charge on any atom is -0.410 e. The normalized spacial score (nSPS) is 13.3. The molecule has 178 valence electrons. The Hall–Kier alpha value is -4.61. The highest BCUT2D eigenvalue weighted by Gasteiger charge is 2.51. The summed E-state index contributed by atoms with van der Waals surface area (Å²) in [5.74, 6) is 0.447. The zero-order valence-corrected chi connectivity index (χ0v) is 19.7. The van der Waals surface area contributed by atoms with Crippen LogP contribution in [0.3, 0.4) is 0 Å². The summed E-state index contributed by atoms with van der Waals surface area (Å²) in [5.41, 5.74) is 2.95. The molecule has 4 aromatic rings. The van der Waals surface area contributed by atoms with Crippen LogP contribution in [0.1, 0.15) is 18.4 Å². The molecule has 8 nitrogen and oxygen atoms in total. The number of para-hydroxylation sites is 1. The molecule has 2 N–H and O–H groups in total. The zero-order chi connectivity index (χ0) is 25.1. The average Bonchev–Trinajstić information content (AvgIpc) is 3.64. The maximum absolute atomic E-state index is 12.4. The van der Waals surface area contributed by atoms with Gasteiger partial charge < -0.3 is 4.74 Å². The Labute approximate surface area is 212 Å². The van der Waals surface area contributed by atoms with Crippen molar-refractivity contribution in [3.05, 3.63) is 95.6 Å². The van der Waals surface area contributed by atoms with E-state index in [0.29, 0.717) is 17.3 Å². The van der Waals surface area contributed by atoms with Crippen LogP contribution in [0, 0.1) is 11.5 Å². The van der Waals surface area contributed by atoms with E-state index in [9.17, 15) is 9.59 Å². The third-order valence-corrected chi connectivity index (χ3v) is 6.41. The van der Waals surface area contributed by atoms with Crippen LogP contribution in [0.25, 0.3) is 16.8 Å². The molecule has 0 bridgehead atoms. The van der Waals surface area contributed by atoms with Crippen molar-refractivity contribution in [3.8, 4) is 28.8 Å². The predicted octanol–water partition coefficient (Wildman–Crippen LogP) is 5.43. The standard InChI is InChI=1S/C27H20ClN5O3/c28-23-16-31-33(24(23)32-26(35)36-22-4-2-1-3-5-22)21-12-8-19(9-13-21)18-6-10-20(11-7-18)27(14-15-27)25(34)30-17-29/h1-13,16H,14-15H2,(H,30,34)(H,32,35). The second kappa shape index (κ2) is 9.56. The minimum absolute atomic E-state index is 0.253. The van der Waals surface area contributed by atoms with Crippen LogP contribution < -0.4 is 15.4 Å². The molecule has 3 aromatic carbocycles. The lowest BCUT2D eigenvalue weighted by Crippen LogP contribution is -2.31. The molecule has 0 aliphatic heterocycles. The lowest BCUT2D eigenvalue weighted by molar-refractivity contribution is -0.122. The SMILES string of the molecule is N#CNC(=O)C1(c2ccc(-c3ccc(-n4ncc(Cl)c4NC(=O)Oc4ccccc4)cc3)cc2)CC1. The van der Waals surface area contributed by atoms with Crippen molar-refractivity contribution in [2.45, 2.75) is 18.3 Å². The number of hydrogen-bond donors (Lipinski definition) is 2. The van der Waals surface area contributed by atoms with Crippen molar-refractivity contribution in [2.75, 3.05) is 5.32 Å². The van der Waals surface area contributed by atoms with Crippen LogP contribution in [0.4, 0.5) is 10.6 Å². The number of nitrogens with zero attached hydrogens (tertiary/aromatic N) is 3. The van der Waals surface area contributed by atoms with Crippen LogP contribution in [-0.2, 0) is 10.2 Å². The summed E-state index contributed by atoms with van der Waals surface area (Å²) in [6.07, 6.45) is 3.95. The number of rotatable bonds is 6. The molecule has 2 amide bonds. The molecule has 0 atom stereocenters. The number of ether oxygens (including phenoxy) is 1. The van der Waals surface area contributed by atoms with Gasteiger partial charge in [-0.1, -0.05) is 66.2 Å². The predicted molar refractivity (Wildman–Crippen MR) is 135 cm³/mol. The van der Waals surface area contributed by atoms with Crippen molar-refractivity contribution >= 4 is 29.4 Å². The first-order valence-electron chi connectivity index (χ1n) is 11.2. The third kappa shape index (κ3) is 4.52. The van der Waals surface area contributed by atoms with Gasteiger partial charge in [-0.15, -0.1) is 0 Å². The summed E-state index contributed by atoms with van der Waals surface area (Å²) < 4.78 is 6.81. The first kappa shape index (κ1) is 23.1. The Morgan fingerprint density at radius 1 is 0.972 bits per heavy atom. The van der Waals surface area contributed by atoms with Crippen molar-refractivity contribution in [2.24, 2.45) is 0 Å². The maximum atomic E-state index is 12.4. The van der Waals surface area contributed by atoms with E-state index in [-0.39, 0.29) is 10.9 Å². The molecule has 36 heavy (non-hydrogen) atoms. The van der Waals surface area contributed by atoms with E-state index >= 15 is 0 Å². The van der Waals surface area contributed by atoms with Crippen molar-refractivity contribution in [1.82, 2.24) is 15.1 Å². The summed E-state index contributed by atoms with van der Waals surface area (Å²) in [7, 11) is 0. The van der Waals surface area contributed by atoms with Crippen molar-refractivity contribution in [3.63, 3.8) is 0 Å². The fourth-order valence-corrected chi connectivity index (χ4v) is 4.24. The van der Waals surface area contributed by atoms with Gasteiger partial charge in [-0.2, -0.15) is 10.4 Å². The lowest BCUT2D eigenvalue weighted by Gasteiger charge is -2.14. The summed E-state index contributed by atoms with van der Waals surface area (Å²) >= 11 is 6.27. The van der Waals surface area contributed by atoms with E-state index in [4.69, 9.17) is 21.6 Å². The van der Waals surface area contributed by atoms with E-state index in [1.807, 2.05) is 54.6 Å². The second-order valence-electron chi connectivity index (χ2n) is 8.35. The molecular formula is C27H20ClN5O3. The van der Waals surface area contributed by atoms with Crippen LogP contribution in [0.15, 0.2) is 85.1 Å². The number of aromatic nitrogens is 2. The van der Waals surface area contributed by atoms with E-state index in [0.717, 1.165) is 29.5 Å². The largest absolute Gasteiger partial charge is 0.418 e. The molecule has 1 aliphatic rings. The van der Waals surface area contributed by atoms with Gasteiger partial charge in [-0.05, 0) is 53.8 Å². The van der Waals surface area contributed by atoms with Gasteiger partial charge in [0.15, 0.2) is 12.0 Å². The summed E-state index contributed by atoms with van der Waals surface area (Å²) in [4.78, 5) is 24.6. The first-order valence-corrected chi connectivity index (χ1v) is 11.6. The highest BCUT2D eigenvalue weighted by Crippen LogP contribution is 2.48. The fourth-order valence-electron chi connectivity index (χ4n) is 4.07. The third-order valence-electron chi connectivity index (χ3n) is 6.14. The molecule has 0 unspecified atom stereocenters. The Kier molecular flexibility index (Phi) is 6.15. The Morgan fingerprint density at radius 3 is 2.22 bits per heavy atom. The van der Waals surface area contributed by atoms with Crippen LogP contribution in [0.2, 0.25) is 5.02 Å². The molecule has 9 heteroatoms. The van der Waals surface area contributed by atoms with E-state index in [1.165, 1.54) is 10.9 Å². The summed E-state index contributed by atoms with van der Waals surface area (Å²) in [5, 5.41) is 18.2. The highest BCUT2D eigenvalue weighted by atomic mass is 35.5. The fraction of sp³-hybridized carbons (Fsp3) is 0.111.